The van der Waals surface area contributed by atoms with Gasteiger partial charge in [-0.25, -0.2) is 28.3 Å². The van der Waals surface area contributed by atoms with Crippen molar-refractivity contribution < 1.29 is 33.3 Å². The highest BCUT2D eigenvalue weighted by Crippen LogP contribution is 2.26. The van der Waals surface area contributed by atoms with E-state index in [4.69, 9.17) is 19.8 Å². The Hall–Kier alpha value is -3.67. The summed E-state index contributed by atoms with van der Waals surface area (Å²) in [6.07, 6.45) is 3.53. The zero-order chi connectivity index (χ0) is 23.8. The number of carboxylic acid groups (broad SMARTS) is 2. The minimum atomic E-state index is -1.82. The molecular weight excluding hydrogens is 494 g/mol. The molecule has 32 heavy (non-hydrogen) atoms. The van der Waals surface area contributed by atoms with Crippen LogP contribution in [0.1, 0.15) is 11.3 Å². The first-order valence-corrected chi connectivity index (χ1v) is 9.74. The molecule has 0 atom stereocenters. The number of rotatable bonds is 5. The third-order valence-corrected chi connectivity index (χ3v) is 4.45. The maximum atomic E-state index is 14.2. The Morgan fingerprint density at radius 3 is 2.47 bits per heavy atom. The van der Waals surface area contributed by atoms with Gasteiger partial charge in [0.25, 0.3) is 0 Å². The molecule has 9 nitrogen and oxygen atoms in total. The van der Waals surface area contributed by atoms with E-state index in [2.05, 4.69) is 31.2 Å². The summed E-state index contributed by atoms with van der Waals surface area (Å²) in [5, 5.41) is 29.2. The van der Waals surface area contributed by atoms with Crippen LogP contribution in [0.4, 0.5) is 14.6 Å². The third-order valence-electron chi connectivity index (χ3n) is 3.84. The van der Waals surface area contributed by atoms with E-state index < -0.39 is 23.6 Å². The monoisotopic (exact) mass is 510 g/mol. The SMILES string of the molecule is Cc1cc(NCCc2ccc[n+]([O-])c2)nc(-c2cc(F)c(Br)cc2F)n1.O=C(O)C(=O)O. The topological polar surface area (TPSA) is 139 Å². The van der Waals surface area contributed by atoms with Crippen molar-refractivity contribution >= 4 is 33.7 Å². The fraction of sp³-hybridized carbons (Fsp3) is 0.150. The molecule has 0 bridgehead atoms. The van der Waals surface area contributed by atoms with Gasteiger partial charge in [0.1, 0.15) is 17.5 Å². The fourth-order valence-corrected chi connectivity index (χ4v) is 2.77. The second kappa shape index (κ2) is 11.1. The van der Waals surface area contributed by atoms with E-state index in [9.17, 15) is 14.0 Å². The minimum Gasteiger partial charge on any atom is -0.619 e. The standard InChI is InChI=1S/C18H15BrF2N4O.C2H2O4/c1-11-7-17(22-5-4-12-3-2-6-25(26)10-12)24-18(23-11)13-8-16(21)14(19)9-15(13)20;3-1(4)2(5)6/h2-3,6-10H,4-5H2,1H3,(H,22,23,24);(H,3,4)(H,5,6). The molecule has 168 valence electrons. The largest absolute Gasteiger partial charge is 0.619 e. The molecular formula is C20H17BrF2N4O5. The van der Waals surface area contributed by atoms with Gasteiger partial charge in [0.2, 0.25) is 0 Å². The molecule has 0 fully saturated rings. The Morgan fingerprint density at radius 1 is 1.16 bits per heavy atom. The average molecular weight is 511 g/mol. The number of halogens is 3. The number of hydrogen-bond donors (Lipinski definition) is 3. The molecule has 3 N–H and O–H groups in total. The zero-order valence-corrected chi connectivity index (χ0v) is 18.1. The van der Waals surface area contributed by atoms with Crippen LogP contribution in [0.5, 0.6) is 0 Å². The molecule has 0 aliphatic carbocycles. The van der Waals surface area contributed by atoms with Crippen LogP contribution in [0, 0.1) is 23.8 Å². The normalized spacial score (nSPS) is 10.1. The van der Waals surface area contributed by atoms with Gasteiger partial charge in [0.05, 0.1) is 10.0 Å². The van der Waals surface area contributed by atoms with Gasteiger partial charge < -0.3 is 20.7 Å². The van der Waals surface area contributed by atoms with Crippen molar-refractivity contribution in [2.75, 3.05) is 11.9 Å². The summed E-state index contributed by atoms with van der Waals surface area (Å²) in [5.41, 5.74) is 1.49. The molecule has 0 radical (unpaired) electrons. The highest BCUT2D eigenvalue weighted by atomic mass is 79.9. The predicted octanol–water partition coefficient (Wildman–Crippen LogP) is 2.94. The molecule has 0 unspecified atom stereocenters. The Bertz CT molecular complexity index is 1130. The van der Waals surface area contributed by atoms with Gasteiger partial charge in [-0.1, -0.05) is 0 Å². The Labute approximate surface area is 189 Å². The molecule has 0 amide bonds. The number of nitrogens with one attached hydrogen (secondary N) is 1. The van der Waals surface area contributed by atoms with Crippen molar-refractivity contribution in [1.82, 2.24) is 9.97 Å². The summed E-state index contributed by atoms with van der Waals surface area (Å²) < 4.78 is 28.7. The van der Waals surface area contributed by atoms with Crippen LogP contribution in [0.25, 0.3) is 11.4 Å². The molecule has 0 saturated carbocycles. The molecule has 0 saturated heterocycles. The summed E-state index contributed by atoms with van der Waals surface area (Å²) in [7, 11) is 0. The van der Waals surface area contributed by atoms with Gasteiger partial charge in [0.15, 0.2) is 18.2 Å². The molecule has 1 aromatic carbocycles. The van der Waals surface area contributed by atoms with Crippen LogP contribution < -0.4 is 10.0 Å². The fourth-order valence-electron chi connectivity index (χ4n) is 2.46. The lowest BCUT2D eigenvalue weighted by Crippen LogP contribution is -2.25. The van der Waals surface area contributed by atoms with Crippen molar-refractivity contribution in [3.63, 3.8) is 0 Å². The minimum absolute atomic E-state index is 0.00657. The summed E-state index contributed by atoms with van der Waals surface area (Å²) >= 11 is 2.95. The summed E-state index contributed by atoms with van der Waals surface area (Å²) in [5.74, 6) is -4.24. The molecule has 2 heterocycles. The number of nitrogens with zero attached hydrogens (tertiary/aromatic N) is 3. The molecule has 0 aliphatic heterocycles. The second-order valence-corrected chi connectivity index (χ2v) is 7.18. The van der Waals surface area contributed by atoms with E-state index in [1.54, 1.807) is 19.1 Å². The Kier molecular flexibility index (Phi) is 8.53. The van der Waals surface area contributed by atoms with Gasteiger partial charge in [-0.15, -0.1) is 0 Å². The van der Waals surface area contributed by atoms with Crippen LogP contribution in [-0.4, -0.2) is 38.7 Å². The van der Waals surface area contributed by atoms with Crippen molar-refractivity contribution in [2.45, 2.75) is 13.3 Å². The molecule has 0 spiro atoms. The first kappa shape index (κ1) is 24.6. The first-order chi connectivity index (χ1) is 15.1. The lowest BCUT2D eigenvalue weighted by Gasteiger charge is -2.10. The van der Waals surface area contributed by atoms with E-state index in [0.717, 1.165) is 22.4 Å². The molecule has 3 rings (SSSR count). The van der Waals surface area contributed by atoms with E-state index in [0.29, 0.717) is 24.5 Å². The number of carbonyl (C=O) groups is 2. The lowest BCUT2D eigenvalue weighted by atomic mass is 10.2. The van der Waals surface area contributed by atoms with Crippen LogP contribution >= 0.6 is 15.9 Å². The quantitative estimate of drug-likeness (QED) is 0.206. The number of anilines is 1. The van der Waals surface area contributed by atoms with Gasteiger partial charge in [-0.2, -0.15) is 4.73 Å². The highest BCUT2D eigenvalue weighted by Gasteiger charge is 2.14. The maximum absolute atomic E-state index is 14.2. The summed E-state index contributed by atoms with van der Waals surface area (Å²) in [6.45, 7) is 2.28. The van der Waals surface area contributed by atoms with Crippen molar-refractivity contribution in [3.05, 3.63) is 75.3 Å². The van der Waals surface area contributed by atoms with Crippen molar-refractivity contribution in [2.24, 2.45) is 0 Å². The number of aliphatic carboxylic acids is 2. The highest BCUT2D eigenvalue weighted by molar-refractivity contribution is 9.10. The molecule has 12 heteroatoms. The summed E-state index contributed by atoms with van der Waals surface area (Å²) in [4.78, 5) is 26.7. The number of aryl methyl sites for hydroxylation is 1. The van der Waals surface area contributed by atoms with Gasteiger partial charge in [-0.05, 0) is 47.5 Å². The second-order valence-electron chi connectivity index (χ2n) is 6.32. The van der Waals surface area contributed by atoms with Crippen LogP contribution in [-0.2, 0) is 16.0 Å². The van der Waals surface area contributed by atoms with E-state index in [-0.39, 0.29) is 15.9 Å². The van der Waals surface area contributed by atoms with Gasteiger partial charge in [-0.3, -0.25) is 0 Å². The van der Waals surface area contributed by atoms with Crippen molar-refractivity contribution in [1.29, 1.82) is 0 Å². The number of carboxylic acids is 2. The number of pyridine rings is 1. The van der Waals surface area contributed by atoms with Crippen LogP contribution in [0.2, 0.25) is 0 Å². The number of aromatic nitrogens is 3. The number of hydrogen-bond acceptors (Lipinski definition) is 6. The average Bonchev–Trinajstić information content (AvgIpc) is 2.71. The van der Waals surface area contributed by atoms with E-state index in [1.165, 1.54) is 12.4 Å². The van der Waals surface area contributed by atoms with Crippen LogP contribution in [0.3, 0.4) is 0 Å². The third kappa shape index (κ3) is 7.23. The lowest BCUT2D eigenvalue weighted by molar-refractivity contribution is -0.605. The zero-order valence-electron chi connectivity index (χ0n) is 16.6. The van der Waals surface area contributed by atoms with Gasteiger partial charge in [0, 0.05) is 29.9 Å². The van der Waals surface area contributed by atoms with Crippen molar-refractivity contribution in [3.8, 4) is 11.4 Å². The molecule has 2 aromatic heterocycles. The van der Waals surface area contributed by atoms with E-state index >= 15 is 0 Å². The van der Waals surface area contributed by atoms with Crippen LogP contribution in [0.15, 0.2) is 47.2 Å². The van der Waals surface area contributed by atoms with E-state index in [1.807, 2.05) is 6.07 Å². The first-order valence-electron chi connectivity index (χ1n) is 8.95. The Balaban J connectivity index is 0.000000534. The smallest absolute Gasteiger partial charge is 0.414 e. The summed E-state index contributed by atoms with van der Waals surface area (Å²) in [6, 6.07) is 7.37. The predicted molar refractivity (Wildman–Crippen MR) is 113 cm³/mol. The maximum Gasteiger partial charge on any atom is 0.414 e. The van der Waals surface area contributed by atoms with Gasteiger partial charge >= 0.3 is 11.9 Å². The Morgan fingerprint density at radius 2 is 1.84 bits per heavy atom. The molecule has 3 aromatic rings. The number of benzene rings is 1. The molecule has 0 aliphatic rings.